The van der Waals surface area contributed by atoms with Gasteiger partial charge in [-0.25, -0.2) is 0 Å². The van der Waals surface area contributed by atoms with Gasteiger partial charge in [0.05, 0.1) is 49.5 Å². The molecule has 8 nitrogen and oxygen atoms in total. The first-order valence-electron chi connectivity index (χ1n) is 12.8. The van der Waals surface area contributed by atoms with E-state index in [-0.39, 0.29) is 41.4 Å². The van der Waals surface area contributed by atoms with Crippen molar-refractivity contribution in [2.75, 3.05) is 48.1 Å². The van der Waals surface area contributed by atoms with Crippen molar-refractivity contribution >= 4 is 0 Å². The summed E-state index contributed by atoms with van der Waals surface area (Å²) in [5, 5.41) is 37.1. The summed E-state index contributed by atoms with van der Waals surface area (Å²) >= 11 is 0. The van der Waals surface area contributed by atoms with Crippen LogP contribution in [0.3, 0.4) is 0 Å². The fraction of sp³-hybridized carbons (Fsp3) is 1.00. The van der Waals surface area contributed by atoms with Crippen LogP contribution < -0.4 is 4.90 Å². The van der Waals surface area contributed by atoms with E-state index in [1.807, 2.05) is 0 Å². The molecule has 0 radical (unpaired) electrons. The van der Waals surface area contributed by atoms with Crippen LogP contribution in [0.4, 0.5) is 0 Å². The number of rotatable bonds is 6. The summed E-state index contributed by atoms with van der Waals surface area (Å²) < 4.78 is 24.3. The number of methoxy groups -OCH3 is 4. The molecule has 6 aliphatic rings. The van der Waals surface area contributed by atoms with Gasteiger partial charge in [-0.15, -0.1) is 0 Å². The van der Waals surface area contributed by atoms with Gasteiger partial charge in [0.1, 0.15) is 11.6 Å². The molecule has 0 amide bonds. The van der Waals surface area contributed by atoms with E-state index in [9.17, 15) is 15.3 Å². The van der Waals surface area contributed by atoms with Crippen LogP contribution in [0.1, 0.15) is 32.6 Å². The van der Waals surface area contributed by atoms with Crippen LogP contribution in [-0.4, -0.2) is 105 Å². The molecule has 7 bridgehead atoms. The summed E-state index contributed by atoms with van der Waals surface area (Å²) in [6, 6.07) is -0.229. The van der Waals surface area contributed by atoms with Gasteiger partial charge in [-0.2, -0.15) is 0 Å². The summed E-state index contributed by atoms with van der Waals surface area (Å²) in [5.74, 6) is -0.428. The number of aliphatic hydroxyl groups is 3. The summed E-state index contributed by atoms with van der Waals surface area (Å²) in [6.45, 7) is 4.50. The van der Waals surface area contributed by atoms with E-state index in [2.05, 4.69) is 6.92 Å². The maximum atomic E-state index is 13.0. The van der Waals surface area contributed by atoms with Crippen LogP contribution in [0.2, 0.25) is 0 Å². The highest BCUT2D eigenvalue weighted by molar-refractivity contribution is 5.39. The average molecular weight is 469 g/mol. The first kappa shape index (κ1) is 23.1. The Morgan fingerprint density at radius 2 is 1.82 bits per heavy atom. The molecule has 0 aromatic carbocycles. The third-order valence-corrected chi connectivity index (χ3v) is 11.7. The summed E-state index contributed by atoms with van der Waals surface area (Å²) in [5.41, 5.74) is -3.57. The SMILES string of the molecule is CC[NH+]1C[C@]2(COC)CC[C@H](OC)[C@]34[C@@H]5C[C@H]6[C@H](O)[C@@H]5[C@](O)(C[C@@H]6OC)C(O)([C@@H]13)[C@@H](OC)[C@H]24. The second-order valence-corrected chi connectivity index (χ2v) is 12.1. The molecule has 2 unspecified atom stereocenters. The van der Waals surface area contributed by atoms with E-state index in [4.69, 9.17) is 18.9 Å². The Hall–Kier alpha value is -0.320. The Labute approximate surface area is 196 Å². The number of piperidine rings is 1. The van der Waals surface area contributed by atoms with Crippen LogP contribution in [-0.2, 0) is 18.9 Å². The normalized spacial score (nSPS) is 62.5. The van der Waals surface area contributed by atoms with E-state index in [1.165, 1.54) is 4.90 Å². The molecule has 0 aromatic rings. The number of aliphatic hydroxyl groups excluding tert-OH is 1. The highest BCUT2D eigenvalue weighted by Gasteiger charge is 2.93. The number of likely N-dealkylation sites (N-methyl/N-ethyl adjacent to an activating group) is 1. The molecular weight excluding hydrogens is 426 g/mol. The second-order valence-electron chi connectivity index (χ2n) is 12.1. The minimum Gasteiger partial charge on any atom is -0.392 e. The van der Waals surface area contributed by atoms with Gasteiger partial charge in [-0.05, 0) is 32.1 Å². The lowest BCUT2D eigenvalue weighted by Gasteiger charge is -2.67. The van der Waals surface area contributed by atoms with Crippen LogP contribution in [0, 0.1) is 34.5 Å². The molecule has 5 saturated carbocycles. The Balaban J connectivity index is 1.68. The topological polar surface area (TPSA) is 102 Å². The number of nitrogens with one attached hydrogen (secondary N) is 1. The monoisotopic (exact) mass is 468 g/mol. The molecule has 1 saturated heterocycles. The molecule has 1 spiro atoms. The van der Waals surface area contributed by atoms with Crippen LogP contribution in [0.5, 0.6) is 0 Å². The Kier molecular flexibility index (Phi) is 4.99. The van der Waals surface area contributed by atoms with Crippen LogP contribution >= 0.6 is 0 Å². The highest BCUT2D eigenvalue weighted by Crippen LogP contribution is 2.78. The minimum atomic E-state index is -1.51. The first-order valence-corrected chi connectivity index (χ1v) is 12.8. The molecule has 5 aliphatic carbocycles. The molecule has 1 heterocycles. The molecule has 6 fully saturated rings. The lowest BCUT2D eigenvalue weighted by Crippen LogP contribution is -3.23. The van der Waals surface area contributed by atoms with Crippen molar-refractivity contribution in [1.82, 2.24) is 0 Å². The molecule has 1 aliphatic heterocycles. The number of fused-ring (bicyclic) bond motifs is 2. The Morgan fingerprint density at radius 1 is 1.06 bits per heavy atom. The Bertz CT molecular complexity index is 814. The van der Waals surface area contributed by atoms with Crippen molar-refractivity contribution in [3.05, 3.63) is 0 Å². The van der Waals surface area contributed by atoms with Gasteiger partial charge < -0.3 is 39.2 Å². The fourth-order valence-corrected chi connectivity index (χ4v) is 11.2. The summed E-state index contributed by atoms with van der Waals surface area (Å²) in [7, 11) is 6.88. The smallest absolute Gasteiger partial charge is 0.172 e. The van der Waals surface area contributed by atoms with Crippen LogP contribution in [0.25, 0.3) is 0 Å². The van der Waals surface area contributed by atoms with Crippen molar-refractivity contribution < 1.29 is 39.2 Å². The number of quaternary nitrogens is 1. The largest absolute Gasteiger partial charge is 0.392 e. The van der Waals surface area contributed by atoms with Crippen molar-refractivity contribution in [3.63, 3.8) is 0 Å². The van der Waals surface area contributed by atoms with Gasteiger partial charge in [0.15, 0.2) is 5.60 Å². The van der Waals surface area contributed by atoms with Gasteiger partial charge in [-0.3, -0.25) is 0 Å². The third kappa shape index (κ3) is 2.20. The minimum absolute atomic E-state index is 0.00878. The van der Waals surface area contributed by atoms with Crippen molar-refractivity contribution in [3.8, 4) is 0 Å². The van der Waals surface area contributed by atoms with Crippen molar-refractivity contribution in [2.45, 2.75) is 74.3 Å². The molecule has 188 valence electrons. The van der Waals surface area contributed by atoms with Gasteiger partial charge in [0, 0.05) is 58.0 Å². The molecule has 33 heavy (non-hydrogen) atoms. The predicted molar refractivity (Wildman–Crippen MR) is 118 cm³/mol. The van der Waals surface area contributed by atoms with Crippen LogP contribution in [0.15, 0.2) is 0 Å². The van der Waals surface area contributed by atoms with E-state index >= 15 is 0 Å². The quantitative estimate of drug-likeness (QED) is 0.391. The molecular formula is C25H42NO7+. The predicted octanol–water partition coefficient (Wildman–Crippen LogP) is -1.15. The van der Waals surface area contributed by atoms with E-state index in [0.717, 1.165) is 32.4 Å². The standard InChI is InChI=1S/C25H41NO7/c1-6-26-11-22(12-30-2)8-7-16(32-4)24-14-9-13-15(31-3)10-23(28,17(14)18(13)27)25(29,21(24)26)20(33-5)19(22)24/h13-21,27-29H,6-12H2,1-5H3/p+1/t13-,14-,15+,16+,17-,18+,19-,20+,21+,22+,23-,24+,25?/m1/s1. The van der Waals surface area contributed by atoms with Gasteiger partial charge in [0.25, 0.3) is 0 Å². The number of hydrogen-bond acceptors (Lipinski definition) is 7. The van der Waals surface area contributed by atoms with Gasteiger partial charge in [-0.1, -0.05) is 0 Å². The third-order valence-electron chi connectivity index (χ3n) is 11.7. The zero-order valence-corrected chi connectivity index (χ0v) is 20.6. The second kappa shape index (κ2) is 7.13. The number of ether oxygens (including phenoxy) is 4. The maximum Gasteiger partial charge on any atom is 0.172 e. The zero-order chi connectivity index (χ0) is 23.6. The Morgan fingerprint density at radius 3 is 2.42 bits per heavy atom. The maximum absolute atomic E-state index is 13.0. The molecule has 4 N–H and O–H groups in total. The number of likely N-dealkylation sites (tertiary alicyclic amines) is 1. The van der Waals surface area contributed by atoms with E-state index < -0.39 is 34.7 Å². The van der Waals surface area contributed by atoms with Crippen molar-refractivity contribution in [2.24, 2.45) is 34.5 Å². The zero-order valence-electron chi connectivity index (χ0n) is 20.6. The van der Waals surface area contributed by atoms with Crippen molar-refractivity contribution in [1.29, 1.82) is 0 Å². The van der Waals surface area contributed by atoms with Gasteiger partial charge in [0.2, 0.25) is 0 Å². The van der Waals surface area contributed by atoms with E-state index in [1.54, 1.807) is 28.4 Å². The first-order chi connectivity index (χ1) is 15.8. The molecule has 8 heteroatoms. The molecule has 0 aromatic heterocycles. The fourth-order valence-electron chi connectivity index (χ4n) is 11.2. The summed E-state index contributed by atoms with van der Waals surface area (Å²) in [6.07, 6.45) is 1.33. The summed E-state index contributed by atoms with van der Waals surface area (Å²) in [4.78, 5) is 1.30. The lowest BCUT2D eigenvalue weighted by atomic mass is 9.42. The number of hydrogen-bond donors (Lipinski definition) is 4. The lowest BCUT2D eigenvalue weighted by molar-refractivity contribution is -0.956. The molecule has 6 rings (SSSR count). The van der Waals surface area contributed by atoms with E-state index in [0.29, 0.717) is 13.0 Å². The average Bonchev–Trinajstić information content (AvgIpc) is 3.16. The van der Waals surface area contributed by atoms with Gasteiger partial charge >= 0.3 is 0 Å². The highest BCUT2D eigenvalue weighted by atomic mass is 16.5. The molecule has 14 atom stereocenters.